The minimum atomic E-state index is 0.557. The van der Waals surface area contributed by atoms with Gasteiger partial charge in [-0.3, -0.25) is 0 Å². The molecule has 4 heteroatoms. The number of nitrogens with one attached hydrogen (secondary N) is 1. The predicted molar refractivity (Wildman–Crippen MR) is 76.9 cm³/mol. The van der Waals surface area contributed by atoms with Crippen LogP contribution in [0.5, 0.6) is 5.75 Å². The summed E-state index contributed by atoms with van der Waals surface area (Å²) in [7, 11) is 0. The van der Waals surface area contributed by atoms with Crippen LogP contribution in [0.1, 0.15) is 24.8 Å². The fraction of sp³-hybridized carbons (Fsp3) is 0.562. The number of piperidine rings is 1. The van der Waals surface area contributed by atoms with Gasteiger partial charge in [-0.25, -0.2) is 0 Å². The zero-order valence-electron chi connectivity index (χ0n) is 11.9. The van der Waals surface area contributed by atoms with Crippen molar-refractivity contribution in [2.75, 3.05) is 39.5 Å². The van der Waals surface area contributed by atoms with Crippen LogP contribution in [0.4, 0.5) is 0 Å². The van der Waals surface area contributed by atoms with Crippen LogP contribution in [0.15, 0.2) is 24.3 Å². The third-order valence-electron chi connectivity index (χ3n) is 3.64. The first kappa shape index (κ1) is 14.8. The van der Waals surface area contributed by atoms with Crippen molar-refractivity contribution in [3.63, 3.8) is 0 Å². The lowest BCUT2D eigenvalue weighted by Crippen LogP contribution is -3.13. The van der Waals surface area contributed by atoms with Gasteiger partial charge < -0.3 is 14.4 Å². The molecule has 0 radical (unpaired) electrons. The van der Waals surface area contributed by atoms with E-state index < -0.39 is 0 Å². The molecule has 0 saturated carbocycles. The molecule has 1 aliphatic rings. The number of hydrogen-bond acceptors (Lipinski definition) is 3. The lowest BCUT2D eigenvalue weighted by molar-refractivity contribution is -0.905. The molecule has 1 N–H and O–H groups in total. The summed E-state index contributed by atoms with van der Waals surface area (Å²) in [5.41, 5.74) is 0.651. The first-order chi connectivity index (χ1) is 9.88. The summed E-state index contributed by atoms with van der Waals surface area (Å²) in [5.74, 6) is 0.786. The summed E-state index contributed by atoms with van der Waals surface area (Å²) in [5, 5.41) is 8.70. The highest BCUT2D eigenvalue weighted by Crippen LogP contribution is 2.11. The summed E-state index contributed by atoms with van der Waals surface area (Å²) < 4.78 is 11.2. The second kappa shape index (κ2) is 8.57. The Bertz CT molecular complexity index is 419. The van der Waals surface area contributed by atoms with Crippen LogP contribution in [0.2, 0.25) is 0 Å². The van der Waals surface area contributed by atoms with E-state index in [4.69, 9.17) is 14.7 Å². The second-order valence-corrected chi connectivity index (χ2v) is 5.16. The van der Waals surface area contributed by atoms with Crippen LogP contribution in [-0.2, 0) is 4.74 Å². The zero-order valence-corrected chi connectivity index (χ0v) is 11.9. The van der Waals surface area contributed by atoms with Crippen LogP contribution < -0.4 is 9.64 Å². The lowest BCUT2D eigenvalue weighted by atomic mass is 10.1. The molecule has 1 aliphatic heterocycles. The normalized spacial score (nSPS) is 15.8. The maximum Gasteiger partial charge on any atom is 0.119 e. The van der Waals surface area contributed by atoms with E-state index in [2.05, 4.69) is 6.07 Å². The number of nitriles is 1. The standard InChI is InChI=1S/C16H22N2O2/c17-14-15-4-6-16(7-5-15)20-13-12-19-11-10-18-8-2-1-3-9-18/h4-7H,1-3,8-13H2/p+1. The molecule has 1 fully saturated rings. The monoisotopic (exact) mass is 275 g/mol. The van der Waals surface area contributed by atoms with Crippen LogP contribution >= 0.6 is 0 Å². The number of quaternary nitrogens is 1. The molecular weight excluding hydrogens is 252 g/mol. The molecule has 1 heterocycles. The summed E-state index contributed by atoms with van der Waals surface area (Å²) in [6, 6.07) is 9.24. The topological polar surface area (TPSA) is 46.7 Å². The summed E-state index contributed by atoms with van der Waals surface area (Å²) >= 11 is 0. The molecule has 20 heavy (non-hydrogen) atoms. The SMILES string of the molecule is N#Cc1ccc(OCCOCC[NH+]2CCCCC2)cc1. The number of rotatable bonds is 7. The Kier molecular flexibility index (Phi) is 6.36. The first-order valence-corrected chi connectivity index (χ1v) is 7.43. The Labute approximate surface area is 120 Å². The first-order valence-electron chi connectivity index (χ1n) is 7.43. The van der Waals surface area contributed by atoms with Crippen LogP contribution in [0.3, 0.4) is 0 Å². The molecule has 108 valence electrons. The van der Waals surface area contributed by atoms with E-state index >= 15 is 0 Å². The average Bonchev–Trinajstić information content (AvgIpc) is 2.52. The van der Waals surface area contributed by atoms with Crippen molar-refractivity contribution in [1.82, 2.24) is 0 Å². The quantitative estimate of drug-likeness (QED) is 0.756. The van der Waals surface area contributed by atoms with Gasteiger partial charge in [-0.2, -0.15) is 5.26 Å². The Morgan fingerprint density at radius 2 is 1.75 bits per heavy atom. The largest absolute Gasteiger partial charge is 0.491 e. The third-order valence-corrected chi connectivity index (χ3v) is 3.64. The maximum atomic E-state index is 8.70. The summed E-state index contributed by atoms with van der Waals surface area (Å²) in [6.07, 6.45) is 4.11. The molecule has 0 bridgehead atoms. The van der Waals surface area contributed by atoms with E-state index in [-0.39, 0.29) is 0 Å². The zero-order chi connectivity index (χ0) is 14.0. The van der Waals surface area contributed by atoms with E-state index in [1.165, 1.54) is 32.4 Å². The minimum absolute atomic E-state index is 0.557. The van der Waals surface area contributed by atoms with Crippen molar-refractivity contribution in [1.29, 1.82) is 5.26 Å². The molecule has 1 aromatic carbocycles. The van der Waals surface area contributed by atoms with Crippen molar-refractivity contribution >= 4 is 0 Å². The number of ether oxygens (including phenoxy) is 2. The van der Waals surface area contributed by atoms with Gasteiger partial charge in [-0.1, -0.05) is 0 Å². The van der Waals surface area contributed by atoms with Gasteiger partial charge in [0.15, 0.2) is 0 Å². The minimum Gasteiger partial charge on any atom is -0.491 e. The molecule has 0 aliphatic carbocycles. The molecule has 0 unspecified atom stereocenters. The van der Waals surface area contributed by atoms with Crippen molar-refractivity contribution in [2.45, 2.75) is 19.3 Å². The Morgan fingerprint density at radius 1 is 1.00 bits per heavy atom. The van der Waals surface area contributed by atoms with Gasteiger partial charge in [0.1, 0.15) is 18.9 Å². The van der Waals surface area contributed by atoms with Gasteiger partial charge in [0, 0.05) is 0 Å². The van der Waals surface area contributed by atoms with Crippen LogP contribution in [0, 0.1) is 11.3 Å². The lowest BCUT2D eigenvalue weighted by Gasteiger charge is -2.23. The molecule has 0 aromatic heterocycles. The number of likely N-dealkylation sites (tertiary alicyclic amines) is 1. The molecule has 0 atom stereocenters. The van der Waals surface area contributed by atoms with Crippen LogP contribution in [-0.4, -0.2) is 39.5 Å². The number of benzene rings is 1. The van der Waals surface area contributed by atoms with Crippen molar-refractivity contribution in [3.05, 3.63) is 29.8 Å². The van der Waals surface area contributed by atoms with Gasteiger partial charge in [-0.05, 0) is 43.5 Å². The van der Waals surface area contributed by atoms with Crippen molar-refractivity contribution in [3.8, 4) is 11.8 Å². The van der Waals surface area contributed by atoms with Crippen molar-refractivity contribution in [2.24, 2.45) is 0 Å². The number of hydrogen-bond donors (Lipinski definition) is 1. The molecular formula is C16H23N2O2+. The van der Waals surface area contributed by atoms with E-state index in [1.54, 1.807) is 17.0 Å². The van der Waals surface area contributed by atoms with Gasteiger partial charge >= 0.3 is 0 Å². The van der Waals surface area contributed by atoms with Gasteiger partial charge in [0.2, 0.25) is 0 Å². The van der Waals surface area contributed by atoms with Gasteiger partial charge in [0.25, 0.3) is 0 Å². The molecule has 1 saturated heterocycles. The Morgan fingerprint density at radius 3 is 2.45 bits per heavy atom. The molecule has 0 spiro atoms. The average molecular weight is 275 g/mol. The predicted octanol–water partition coefficient (Wildman–Crippen LogP) is 1.02. The number of nitrogens with zero attached hydrogens (tertiary/aromatic N) is 1. The fourth-order valence-corrected chi connectivity index (χ4v) is 2.46. The van der Waals surface area contributed by atoms with E-state index in [0.717, 1.165) is 18.9 Å². The molecule has 4 nitrogen and oxygen atoms in total. The summed E-state index contributed by atoms with van der Waals surface area (Å²) in [6.45, 7) is 5.69. The van der Waals surface area contributed by atoms with E-state index in [0.29, 0.717) is 18.8 Å². The Hall–Kier alpha value is -1.57. The molecule has 1 aromatic rings. The highest BCUT2D eigenvalue weighted by molar-refractivity contribution is 5.34. The Balaban J connectivity index is 1.51. The highest BCUT2D eigenvalue weighted by atomic mass is 16.5. The molecule has 2 rings (SSSR count). The summed E-state index contributed by atoms with van der Waals surface area (Å²) in [4.78, 5) is 1.67. The maximum absolute atomic E-state index is 8.70. The fourth-order valence-electron chi connectivity index (χ4n) is 2.46. The molecule has 0 amide bonds. The van der Waals surface area contributed by atoms with Gasteiger partial charge in [0.05, 0.1) is 37.9 Å². The van der Waals surface area contributed by atoms with E-state index in [9.17, 15) is 0 Å². The van der Waals surface area contributed by atoms with E-state index in [1.807, 2.05) is 12.1 Å². The second-order valence-electron chi connectivity index (χ2n) is 5.16. The third kappa shape index (κ3) is 5.20. The van der Waals surface area contributed by atoms with Gasteiger partial charge in [-0.15, -0.1) is 0 Å². The smallest absolute Gasteiger partial charge is 0.119 e. The van der Waals surface area contributed by atoms with Crippen molar-refractivity contribution < 1.29 is 14.4 Å². The van der Waals surface area contributed by atoms with Crippen LogP contribution in [0.25, 0.3) is 0 Å². The highest BCUT2D eigenvalue weighted by Gasteiger charge is 2.12.